The molecule has 0 aliphatic heterocycles. The van der Waals surface area contributed by atoms with Gasteiger partial charge in [0.1, 0.15) is 0 Å². The first-order valence-electron chi connectivity index (χ1n) is 6.65. The molecule has 0 fully saturated rings. The highest BCUT2D eigenvalue weighted by Gasteiger charge is 2.08. The number of halogens is 1. The van der Waals surface area contributed by atoms with Crippen LogP contribution in [0.15, 0.2) is 47.4 Å². The Morgan fingerprint density at radius 1 is 1.29 bits per heavy atom. The van der Waals surface area contributed by atoms with Crippen molar-refractivity contribution in [2.45, 2.75) is 17.6 Å². The molecule has 0 radical (unpaired) electrons. The molecule has 0 aromatic heterocycles. The molecule has 0 unspecified atom stereocenters. The van der Waals surface area contributed by atoms with E-state index in [2.05, 4.69) is 5.32 Å². The van der Waals surface area contributed by atoms with Gasteiger partial charge in [-0.15, -0.1) is 11.8 Å². The van der Waals surface area contributed by atoms with Gasteiger partial charge in [-0.05, 0) is 36.8 Å². The Morgan fingerprint density at radius 3 is 2.71 bits per heavy atom. The molecule has 0 aliphatic rings. The lowest BCUT2D eigenvalue weighted by molar-refractivity contribution is 0.0956. The van der Waals surface area contributed by atoms with Crippen molar-refractivity contribution in [3.05, 3.63) is 58.6 Å². The summed E-state index contributed by atoms with van der Waals surface area (Å²) in [6.45, 7) is 2.48. The van der Waals surface area contributed by atoms with Gasteiger partial charge in [-0.2, -0.15) is 0 Å². The fourth-order valence-corrected chi connectivity index (χ4v) is 3.09. The number of rotatable bonds is 5. The van der Waals surface area contributed by atoms with Crippen molar-refractivity contribution < 1.29 is 4.79 Å². The van der Waals surface area contributed by atoms with Gasteiger partial charge in [0.05, 0.1) is 0 Å². The van der Waals surface area contributed by atoms with E-state index in [0.717, 1.165) is 21.2 Å². The van der Waals surface area contributed by atoms with Crippen molar-refractivity contribution in [1.82, 2.24) is 5.32 Å². The number of carbonyl (C=O) groups excluding carboxylic acids is 1. The van der Waals surface area contributed by atoms with Crippen LogP contribution in [0.4, 0.5) is 5.69 Å². The second kappa shape index (κ2) is 7.38. The number of nitrogens with one attached hydrogen (secondary N) is 1. The van der Waals surface area contributed by atoms with Crippen LogP contribution in [0.3, 0.4) is 0 Å². The molecule has 21 heavy (non-hydrogen) atoms. The topological polar surface area (TPSA) is 55.1 Å². The van der Waals surface area contributed by atoms with Crippen molar-refractivity contribution >= 4 is 35.0 Å². The first-order chi connectivity index (χ1) is 10.1. The Hall–Kier alpha value is -1.65. The summed E-state index contributed by atoms with van der Waals surface area (Å²) in [5.74, 6) is 0.636. The Balaban J connectivity index is 2.08. The first kappa shape index (κ1) is 15.7. The Labute approximate surface area is 133 Å². The monoisotopic (exact) mass is 320 g/mol. The molecule has 0 aliphatic carbocycles. The second-order valence-corrected chi connectivity index (χ2v) is 5.92. The van der Waals surface area contributed by atoms with E-state index < -0.39 is 0 Å². The molecule has 0 saturated carbocycles. The average Bonchev–Trinajstić information content (AvgIpc) is 2.47. The predicted octanol–water partition coefficient (Wildman–Crippen LogP) is 3.96. The molecule has 2 aromatic rings. The minimum atomic E-state index is -0.105. The quantitative estimate of drug-likeness (QED) is 0.647. The molecule has 0 atom stereocenters. The summed E-state index contributed by atoms with van der Waals surface area (Å²) in [6.07, 6.45) is 0. The van der Waals surface area contributed by atoms with E-state index in [4.69, 9.17) is 17.3 Å². The van der Waals surface area contributed by atoms with E-state index in [1.165, 1.54) is 0 Å². The fraction of sp³-hybridized carbons (Fsp3) is 0.188. The summed E-state index contributed by atoms with van der Waals surface area (Å²) >= 11 is 7.74. The maximum Gasteiger partial charge on any atom is 0.251 e. The smallest absolute Gasteiger partial charge is 0.251 e. The number of nitrogen functional groups attached to an aromatic ring is 1. The van der Waals surface area contributed by atoms with Gasteiger partial charge in [-0.1, -0.05) is 29.8 Å². The summed E-state index contributed by atoms with van der Waals surface area (Å²) in [4.78, 5) is 12.7. The Bertz CT molecular complexity index is 646. The third-order valence-corrected chi connectivity index (χ3v) is 4.46. The standard InChI is InChI=1S/C16H17ClN2OS/c1-2-19-16(20)11-7-8-15(14(18)9-11)21-10-12-5-3-4-6-13(12)17/h3-9H,2,10,18H2,1H3,(H,19,20). The molecular formula is C16H17ClN2OS. The molecule has 2 rings (SSSR count). The highest BCUT2D eigenvalue weighted by atomic mass is 35.5. The lowest BCUT2D eigenvalue weighted by atomic mass is 10.2. The number of thioether (sulfide) groups is 1. The Kier molecular flexibility index (Phi) is 5.53. The number of hydrogen-bond acceptors (Lipinski definition) is 3. The third-order valence-electron chi connectivity index (χ3n) is 2.95. The van der Waals surface area contributed by atoms with E-state index in [-0.39, 0.29) is 5.91 Å². The normalized spacial score (nSPS) is 10.4. The summed E-state index contributed by atoms with van der Waals surface area (Å²) < 4.78 is 0. The second-order valence-electron chi connectivity index (χ2n) is 4.49. The summed E-state index contributed by atoms with van der Waals surface area (Å²) in [5, 5.41) is 3.51. The van der Waals surface area contributed by atoms with Crippen molar-refractivity contribution in [2.24, 2.45) is 0 Å². The number of anilines is 1. The molecule has 0 spiro atoms. The lowest BCUT2D eigenvalue weighted by Gasteiger charge is -2.09. The van der Waals surface area contributed by atoms with Gasteiger partial charge in [0.25, 0.3) is 5.91 Å². The number of benzene rings is 2. The number of hydrogen-bond donors (Lipinski definition) is 2. The van der Waals surface area contributed by atoms with E-state index in [1.54, 1.807) is 23.9 Å². The molecule has 2 aromatic carbocycles. The minimum Gasteiger partial charge on any atom is -0.398 e. The zero-order valence-corrected chi connectivity index (χ0v) is 13.3. The highest BCUT2D eigenvalue weighted by molar-refractivity contribution is 7.98. The van der Waals surface area contributed by atoms with E-state index in [1.807, 2.05) is 37.3 Å². The van der Waals surface area contributed by atoms with Crippen LogP contribution in [-0.4, -0.2) is 12.5 Å². The third kappa shape index (κ3) is 4.16. The number of nitrogens with two attached hydrogens (primary N) is 1. The van der Waals surface area contributed by atoms with Gasteiger partial charge in [-0.25, -0.2) is 0 Å². The van der Waals surface area contributed by atoms with Crippen LogP contribution in [0.1, 0.15) is 22.8 Å². The summed E-state index contributed by atoms with van der Waals surface area (Å²) in [7, 11) is 0. The van der Waals surface area contributed by atoms with Crippen LogP contribution < -0.4 is 11.1 Å². The Morgan fingerprint density at radius 2 is 2.05 bits per heavy atom. The molecule has 5 heteroatoms. The van der Waals surface area contributed by atoms with Gasteiger partial charge < -0.3 is 11.1 Å². The van der Waals surface area contributed by atoms with E-state index in [9.17, 15) is 4.79 Å². The molecule has 0 heterocycles. The van der Waals surface area contributed by atoms with Gasteiger partial charge in [-0.3, -0.25) is 4.79 Å². The van der Waals surface area contributed by atoms with Crippen molar-refractivity contribution in [3.8, 4) is 0 Å². The molecule has 1 amide bonds. The van der Waals surface area contributed by atoms with Gasteiger partial charge in [0.2, 0.25) is 0 Å². The molecule has 3 nitrogen and oxygen atoms in total. The van der Waals surface area contributed by atoms with Gasteiger partial charge in [0, 0.05) is 33.5 Å². The first-order valence-corrected chi connectivity index (χ1v) is 8.02. The molecular weight excluding hydrogens is 304 g/mol. The minimum absolute atomic E-state index is 0.105. The highest BCUT2D eigenvalue weighted by Crippen LogP contribution is 2.30. The van der Waals surface area contributed by atoms with E-state index >= 15 is 0 Å². The van der Waals surface area contributed by atoms with Gasteiger partial charge >= 0.3 is 0 Å². The lowest BCUT2D eigenvalue weighted by Crippen LogP contribution is -2.22. The number of amides is 1. The van der Waals surface area contributed by atoms with Crippen molar-refractivity contribution in [3.63, 3.8) is 0 Å². The average molecular weight is 321 g/mol. The van der Waals surface area contributed by atoms with Gasteiger partial charge in [0.15, 0.2) is 0 Å². The zero-order chi connectivity index (χ0) is 15.2. The van der Waals surface area contributed by atoms with Crippen LogP contribution in [0.25, 0.3) is 0 Å². The maximum atomic E-state index is 11.7. The van der Waals surface area contributed by atoms with Crippen LogP contribution in [0, 0.1) is 0 Å². The fourth-order valence-electron chi connectivity index (χ4n) is 1.85. The number of carbonyl (C=O) groups is 1. The molecule has 0 bridgehead atoms. The summed E-state index contributed by atoms with van der Waals surface area (Å²) in [6, 6.07) is 13.1. The largest absolute Gasteiger partial charge is 0.398 e. The van der Waals surface area contributed by atoms with Crippen molar-refractivity contribution in [1.29, 1.82) is 0 Å². The zero-order valence-electron chi connectivity index (χ0n) is 11.7. The van der Waals surface area contributed by atoms with Crippen LogP contribution in [-0.2, 0) is 5.75 Å². The SMILES string of the molecule is CCNC(=O)c1ccc(SCc2ccccc2Cl)c(N)c1. The maximum absolute atomic E-state index is 11.7. The summed E-state index contributed by atoms with van der Waals surface area (Å²) in [5.41, 5.74) is 8.28. The van der Waals surface area contributed by atoms with Crippen LogP contribution in [0.2, 0.25) is 5.02 Å². The van der Waals surface area contributed by atoms with E-state index in [0.29, 0.717) is 17.8 Å². The molecule has 3 N–H and O–H groups in total. The van der Waals surface area contributed by atoms with Crippen LogP contribution >= 0.6 is 23.4 Å². The molecule has 0 saturated heterocycles. The van der Waals surface area contributed by atoms with Crippen molar-refractivity contribution in [2.75, 3.05) is 12.3 Å². The molecule has 110 valence electrons. The predicted molar refractivity (Wildman–Crippen MR) is 89.9 cm³/mol. The van der Waals surface area contributed by atoms with Crippen LogP contribution in [0.5, 0.6) is 0 Å².